The molecule has 2 N–H and O–H groups in total. The first kappa shape index (κ1) is 9.93. The van der Waals surface area contributed by atoms with Gasteiger partial charge >= 0.3 is 0 Å². The van der Waals surface area contributed by atoms with Crippen molar-refractivity contribution in [2.24, 2.45) is 5.73 Å². The molecule has 0 bridgehead atoms. The second-order valence-electron chi connectivity index (χ2n) is 3.36. The van der Waals surface area contributed by atoms with Crippen LogP contribution in [0.25, 0.3) is 0 Å². The van der Waals surface area contributed by atoms with Crippen LogP contribution in [-0.4, -0.2) is 11.8 Å². The Balaban J connectivity index is 2.45. The molecule has 1 aromatic carbocycles. The van der Waals surface area contributed by atoms with Crippen LogP contribution in [0.15, 0.2) is 30.3 Å². The summed E-state index contributed by atoms with van der Waals surface area (Å²) in [4.78, 5) is 10.8. The minimum Gasteiger partial charge on any atom is -0.327 e. The number of rotatable bonds is 4. The Morgan fingerprint density at radius 3 is 2.54 bits per heavy atom. The average Bonchev–Trinajstić information content (AvgIpc) is 2.04. The molecule has 0 radical (unpaired) electrons. The van der Waals surface area contributed by atoms with Crippen LogP contribution in [-0.2, 0) is 11.2 Å². The van der Waals surface area contributed by atoms with Crippen molar-refractivity contribution in [1.82, 2.24) is 0 Å². The Bertz CT molecular complexity index is 269. The van der Waals surface area contributed by atoms with E-state index in [9.17, 15) is 4.79 Å². The fourth-order valence-electron chi connectivity index (χ4n) is 1.36. The predicted molar refractivity (Wildman–Crippen MR) is 53.4 cm³/mol. The lowest BCUT2D eigenvalue weighted by molar-refractivity contribution is -0.117. The summed E-state index contributed by atoms with van der Waals surface area (Å²) >= 11 is 0. The van der Waals surface area contributed by atoms with Crippen LogP contribution in [0.5, 0.6) is 0 Å². The molecule has 1 atom stereocenters. The van der Waals surface area contributed by atoms with Gasteiger partial charge in [0.25, 0.3) is 0 Å². The molecule has 13 heavy (non-hydrogen) atoms. The van der Waals surface area contributed by atoms with Gasteiger partial charge in [-0.05, 0) is 18.9 Å². The quantitative estimate of drug-likeness (QED) is 0.758. The Morgan fingerprint density at radius 2 is 2.00 bits per heavy atom. The van der Waals surface area contributed by atoms with E-state index in [0.717, 1.165) is 6.42 Å². The average molecular weight is 177 g/mol. The van der Waals surface area contributed by atoms with Crippen molar-refractivity contribution in [2.75, 3.05) is 0 Å². The third-order valence-electron chi connectivity index (χ3n) is 1.89. The van der Waals surface area contributed by atoms with Crippen LogP contribution in [0.3, 0.4) is 0 Å². The van der Waals surface area contributed by atoms with Crippen LogP contribution >= 0.6 is 0 Å². The first-order chi connectivity index (χ1) is 6.18. The normalized spacial score (nSPS) is 12.5. The van der Waals surface area contributed by atoms with Crippen LogP contribution in [0.1, 0.15) is 18.9 Å². The number of carbonyl (C=O) groups is 1. The molecule has 0 fully saturated rings. The molecule has 70 valence electrons. The third kappa shape index (κ3) is 3.85. The Morgan fingerprint density at radius 1 is 1.38 bits per heavy atom. The van der Waals surface area contributed by atoms with Crippen LogP contribution in [0.4, 0.5) is 0 Å². The summed E-state index contributed by atoms with van der Waals surface area (Å²) in [5.41, 5.74) is 6.98. The Kier molecular flexibility index (Phi) is 3.65. The standard InChI is InChI=1S/C11H15NO/c1-9(13)7-11(12)8-10-5-3-2-4-6-10/h2-6,11H,7-8,12H2,1H3/t11-/m1/s1. The van der Waals surface area contributed by atoms with Gasteiger partial charge in [0.1, 0.15) is 5.78 Å². The van der Waals surface area contributed by atoms with E-state index < -0.39 is 0 Å². The summed E-state index contributed by atoms with van der Waals surface area (Å²) in [6.07, 6.45) is 1.25. The third-order valence-corrected chi connectivity index (χ3v) is 1.89. The number of hydrogen-bond acceptors (Lipinski definition) is 2. The van der Waals surface area contributed by atoms with Crippen LogP contribution in [0, 0.1) is 0 Å². The molecule has 0 spiro atoms. The van der Waals surface area contributed by atoms with Crippen molar-refractivity contribution < 1.29 is 4.79 Å². The van der Waals surface area contributed by atoms with E-state index in [2.05, 4.69) is 0 Å². The van der Waals surface area contributed by atoms with Gasteiger partial charge in [-0.25, -0.2) is 0 Å². The first-order valence-corrected chi connectivity index (χ1v) is 4.47. The molecule has 0 aliphatic carbocycles. The SMILES string of the molecule is CC(=O)C[C@@H](N)Cc1ccccc1. The maximum atomic E-state index is 10.8. The molecule has 0 aliphatic heterocycles. The van der Waals surface area contributed by atoms with Gasteiger partial charge < -0.3 is 5.73 Å². The Labute approximate surface area is 78.8 Å². The monoisotopic (exact) mass is 177 g/mol. The molecule has 2 heteroatoms. The van der Waals surface area contributed by atoms with E-state index in [0.29, 0.717) is 6.42 Å². The lowest BCUT2D eigenvalue weighted by Gasteiger charge is -2.08. The number of carbonyl (C=O) groups excluding carboxylic acids is 1. The Hall–Kier alpha value is -1.15. The molecule has 0 saturated heterocycles. The van der Waals surface area contributed by atoms with Gasteiger partial charge in [0.15, 0.2) is 0 Å². The zero-order chi connectivity index (χ0) is 9.68. The molecule has 1 aromatic rings. The first-order valence-electron chi connectivity index (χ1n) is 4.47. The van der Waals surface area contributed by atoms with Crippen molar-refractivity contribution in [3.63, 3.8) is 0 Å². The van der Waals surface area contributed by atoms with Crippen molar-refractivity contribution in [3.8, 4) is 0 Å². The van der Waals surface area contributed by atoms with E-state index in [1.165, 1.54) is 5.56 Å². The molecule has 0 aliphatic rings. The summed E-state index contributed by atoms with van der Waals surface area (Å²) in [6, 6.07) is 9.95. The molecular formula is C11H15NO. The number of hydrogen-bond donors (Lipinski definition) is 1. The fourth-order valence-corrected chi connectivity index (χ4v) is 1.36. The highest BCUT2D eigenvalue weighted by Crippen LogP contribution is 2.03. The predicted octanol–water partition coefficient (Wildman–Crippen LogP) is 1.54. The second kappa shape index (κ2) is 4.77. The summed E-state index contributed by atoms with van der Waals surface area (Å²) in [6.45, 7) is 1.57. The summed E-state index contributed by atoms with van der Waals surface area (Å²) in [5, 5.41) is 0. The number of nitrogens with two attached hydrogens (primary N) is 1. The summed E-state index contributed by atoms with van der Waals surface area (Å²) < 4.78 is 0. The fraction of sp³-hybridized carbons (Fsp3) is 0.364. The van der Waals surface area contributed by atoms with Gasteiger partial charge in [0, 0.05) is 12.5 Å². The number of ketones is 1. The molecule has 0 unspecified atom stereocenters. The minimum atomic E-state index is -0.0418. The molecule has 0 heterocycles. The van der Waals surface area contributed by atoms with Crippen LogP contribution < -0.4 is 5.73 Å². The van der Waals surface area contributed by atoms with E-state index in [-0.39, 0.29) is 11.8 Å². The zero-order valence-corrected chi connectivity index (χ0v) is 7.86. The summed E-state index contributed by atoms with van der Waals surface area (Å²) in [5.74, 6) is 0.156. The molecule has 0 aromatic heterocycles. The van der Waals surface area contributed by atoms with Crippen molar-refractivity contribution in [2.45, 2.75) is 25.8 Å². The summed E-state index contributed by atoms with van der Waals surface area (Å²) in [7, 11) is 0. The van der Waals surface area contributed by atoms with Crippen molar-refractivity contribution >= 4 is 5.78 Å². The second-order valence-corrected chi connectivity index (χ2v) is 3.36. The van der Waals surface area contributed by atoms with Crippen molar-refractivity contribution in [1.29, 1.82) is 0 Å². The molecule has 0 amide bonds. The van der Waals surface area contributed by atoms with Gasteiger partial charge in [0.2, 0.25) is 0 Å². The molecule has 0 saturated carbocycles. The molecule has 1 rings (SSSR count). The number of Topliss-reactive ketones (excluding diaryl/α,β-unsaturated/α-hetero) is 1. The molecule has 2 nitrogen and oxygen atoms in total. The van der Waals surface area contributed by atoms with Gasteiger partial charge in [-0.2, -0.15) is 0 Å². The maximum Gasteiger partial charge on any atom is 0.131 e. The minimum absolute atomic E-state index is 0.0418. The number of benzene rings is 1. The highest BCUT2D eigenvalue weighted by atomic mass is 16.1. The zero-order valence-electron chi connectivity index (χ0n) is 7.86. The van der Waals surface area contributed by atoms with Gasteiger partial charge in [-0.3, -0.25) is 4.79 Å². The highest BCUT2D eigenvalue weighted by molar-refractivity contribution is 5.76. The van der Waals surface area contributed by atoms with Gasteiger partial charge in [-0.15, -0.1) is 0 Å². The molecular weight excluding hydrogens is 162 g/mol. The van der Waals surface area contributed by atoms with E-state index in [1.54, 1.807) is 6.92 Å². The lowest BCUT2D eigenvalue weighted by Crippen LogP contribution is -2.25. The van der Waals surface area contributed by atoms with Gasteiger partial charge in [-0.1, -0.05) is 30.3 Å². The largest absolute Gasteiger partial charge is 0.327 e. The smallest absolute Gasteiger partial charge is 0.131 e. The van der Waals surface area contributed by atoms with E-state index in [4.69, 9.17) is 5.73 Å². The van der Waals surface area contributed by atoms with E-state index in [1.807, 2.05) is 30.3 Å². The lowest BCUT2D eigenvalue weighted by atomic mass is 10.0. The van der Waals surface area contributed by atoms with Crippen molar-refractivity contribution in [3.05, 3.63) is 35.9 Å². The van der Waals surface area contributed by atoms with Gasteiger partial charge in [0.05, 0.1) is 0 Å². The highest BCUT2D eigenvalue weighted by Gasteiger charge is 2.05. The topological polar surface area (TPSA) is 43.1 Å². The maximum absolute atomic E-state index is 10.8. The van der Waals surface area contributed by atoms with Crippen LogP contribution in [0.2, 0.25) is 0 Å². The van der Waals surface area contributed by atoms with E-state index >= 15 is 0 Å².